The summed E-state index contributed by atoms with van der Waals surface area (Å²) in [6.45, 7) is 3.38. The average Bonchev–Trinajstić information content (AvgIpc) is 2.71. The number of likely N-dealkylation sites (N-methyl/N-ethyl adjacent to an activating group) is 1. The van der Waals surface area contributed by atoms with E-state index >= 15 is 0 Å². The molecule has 1 aromatic carbocycles. The Balaban J connectivity index is 2.30. The lowest BCUT2D eigenvalue weighted by molar-refractivity contribution is -0.117. The summed E-state index contributed by atoms with van der Waals surface area (Å²) in [5.41, 5.74) is 2.47. The molecular weight excluding hydrogens is 278 g/mol. The molecule has 1 amide bonds. The van der Waals surface area contributed by atoms with E-state index in [1.807, 2.05) is 24.1 Å². The van der Waals surface area contributed by atoms with Crippen LogP contribution < -0.4 is 15.5 Å². The van der Waals surface area contributed by atoms with Crippen molar-refractivity contribution in [1.82, 2.24) is 5.32 Å². The minimum absolute atomic E-state index is 0.0496. The highest BCUT2D eigenvalue weighted by Gasteiger charge is 2.31. The summed E-state index contributed by atoms with van der Waals surface area (Å²) in [6.07, 6.45) is 0.962. The average molecular weight is 298 g/mol. The molecule has 6 heteroatoms. The van der Waals surface area contributed by atoms with E-state index in [0.717, 1.165) is 29.9 Å². The molecule has 1 atom stereocenters. The van der Waals surface area contributed by atoms with Crippen molar-refractivity contribution in [2.75, 3.05) is 37.0 Å². The summed E-state index contributed by atoms with van der Waals surface area (Å²) in [6, 6.07) is 3.35. The van der Waals surface area contributed by atoms with Crippen molar-refractivity contribution >= 4 is 28.9 Å². The van der Waals surface area contributed by atoms with Crippen LogP contribution in [0.25, 0.3) is 0 Å². The van der Waals surface area contributed by atoms with Gasteiger partial charge in [0.15, 0.2) is 0 Å². The van der Waals surface area contributed by atoms with E-state index in [0.29, 0.717) is 11.6 Å². The second-order valence-electron chi connectivity index (χ2n) is 4.91. The Bertz CT molecular complexity index is 507. The molecule has 5 nitrogen and oxygen atoms in total. The molecule has 20 heavy (non-hydrogen) atoms. The first-order valence-electron chi connectivity index (χ1n) is 6.78. The quantitative estimate of drug-likeness (QED) is 0.749. The zero-order valence-corrected chi connectivity index (χ0v) is 12.5. The van der Waals surface area contributed by atoms with Gasteiger partial charge in [0.25, 0.3) is 0 Å². The van der Waals surface area contributed by atoms with Crippen molar-refractivity contribution in [1.29, 1.82) is 0 Å². The van der Waals surface area contributed by atoms with Gasteiger partial charge in [-0.05, 0) is 25.1 Å². The molecular formula is C14H20ClN3O2. The van der Waals surface area contributed by atoms with Gasteiger partial charge in [0.1, 0.15) is 6.04 Å². The summed E-state index contributed by atoms with van der Waals surface area (Å²) >= 11 is 6.30. The standard InChI is InChI=1S/C14H20ClN3O2/c1-3-4-16-13-9-7-10(15)12(18(2)5-6-19)8-11(9)17-14(13)20/h7-8,13,16,19H,3-6H2,1-2H3,(H,17,20). The van der Waals surface area contributed by atoms with E-state index in [2.05, 4.69) is 17.6 Å². The summed E-state index contributed by atoms with van der Waals surface area (Å²) < 4.78 is 0. The number of anilines is 2. The van der Waals surface area contributed by atoms with Gasteiger partial charge in [-0.1, -0.05) is 18.5 Å². The second-order valence-corrected chi connectivity index (χ2v) is 5.32. The van der Waals surface area contributed by atoms with Crippen LogP contribution in [0.4, 0.5) is 11.4 Å². The van der Waals surface area contributed by atoms with E-state index in [-0.39, 0.29) is 18.6 Å². The zero-order valence-electron chi connectivity index (χ0n) is 11.7. The fraction of sp³-hybridized carbons (Fsp3) is 0.500. The second kappa shape index (κ2) is 6.43. The van der Waals surface area contributed by atoms with E-state index < -0.39 is 0 Å². The maximum atomic E-state index is 12.0. The molecule has 2 rings (SSSR count). The normalized spacial score (nSPS) is 17.0. The number of hydrogen-bond acceptors (Lipinski definition) is 4. The Labute approximate surface area is 123 Å². The van der Waals surface area contributed by atoms with E-state index in [9.17, 15) is 4.79 Å². The van der Waals surface area contributed by atoms with E-state index in [4.69, 9.17) is 16.7 Å². The van der Waals surface area contributed by atoms with Gasteiger partial charge < -0.3 is 20.6 Å². The van der Waals surface area contributed by atoms with Gasteiger partial charge in [-0.3, -0.25) is 4.79 Å². The Kier molecular flexibility index (Phi) is 4.86. The van der Waals surface area contributed by atoms with Gasteiger partial charge in [-0.2, -0.15) is 0 Å². The number of fused-ring (bicyclic) bond motifs is 1. The van der Waals surface area contributed by atoms with Crippen LogP contribution >= 0.6 is 11.6 Å². The minimum atomic E-state index is -0.334. The molecule has 1 unspecified atom stereocenters. The van der Waals surface area contributed by atoms with Crippen molar-refractivity contribution in [3.8, 4) is 0 Å². The third kappa shape index (κ3) is 2.90. The first-order valence-corrected chi connectivity index (χ1v) is 7.16. The summed E-state index contributed by atoms with van der Waals surface area (Å²) in [5.74, 6) is -0.0496. The molecule has 0 aliphatic carbocycles. The van der Waals surface area contributed by atoms with Crippen LogP contribution in [0.1, 0.15) is 24.9 Å². The highest BCUT2D eigenvalue weighted by Crippen LogP contribution is 2.38. The SMILES string of the molecule is CCCNC1C(=O)Nc2cc(N(C)CCO)c(Cl)cc21. The molecule has 0 aromatic heterocycles. The summed E-state index contributed by atoms with van der Waals surface area (Å²) in [5, 5.41) is 15.7. The van der Waals surface area contributed by atoms with Crippen LogP contribution in [0, 0.1) is 0 Å². The van der Waals surface area contributed by atoms with Gasteiger partial charge >= 0.3 is 0 Å². The fourth-order valence-electron chi connectivity index (χ4n) is 2.32. The highest BCUT2D eigenvalue weighted by molar-refractivity contribution is 6.33. The van der Waals surface area contributed by atoms with Gasteiger partial charge in [0.05, 0.1) is 17.3 Å². The number of hydrogen-bond donors (Lipinski definition) is 3. The lowest BCUT2D eigenvalue weighted by Gasteiger charge is -2.20. The van der Waals surface area contributed by atoms with E-state index in [1.54, 1.807) is 0 Å². The molecule has 0 fully saturated rings. The molecule has 110 valence electrons. The first kappa shape index (κ1) is 15.1. The Morgan fingerprint density at radius 3 is 2.90 bits per heavy atom. The molecule has 3 N–H and O–H groups in total. The van der Waals surface area contributed by atoms with Crippen LogP contribution in [-0.4, -0.2) is 37.8 Å². The molecule has 0 radical (unpaired) electrons. The largest absolute Gasteiger partial charge is 0.395 e. The summed E-state index contributed by atoms with van der Waals surface area (Å²) in [7, 11) is 1.85. The highest BCUT2D eigenvalue weighted by atomic mass is 35.5. The van der Waals surface area contributed by atoms with Gasteiger partial charge in [-0.15, -0.1) is 0 Å². The molecule has 0 bridgehead atoms. The summed E-state index contributed by atoms with van der Waals surface area (Å²) in [4.78, 5) is 13.8. The number of aliphatic hydroxyl groups is 1. The Morgan fingerprint density at radius 2 is 2.25 bits per heavy atom. The van der Waals surface area contributed by atoms with Gasteiger partial charge in [0, 0.05) is 24.8 Å². The maximum absolute atomic E-state index is 12.0. The van der Waals surface area contributed by atoms with Crippen LogP contribution in [0.5, 0.6) is 0 Å². The number of carbonyl (C=O) groups excluding carboxylic acids is 1. The first-order chi connectivity index (χ1) is 9.58. The molecule has 1 aliphatic rings. The predicted molar refractivity (Wildman–Crippen MR) is 81.5 cm³/mol. The molecule has 1 aliphatic heterocycles. The molecule has 1 aromatic rings. The zero-order chi connectivity index (χ0) is 14.7. The van der Waals surface area contributed by atoms with Crippen LogP contribution in [0.2, 0.25) is 5.02 Å². The topological polar surface area (TPSA) is 64.6 Å². The number of aliphatic hydroxyl groups excluding tert-OH is 1. The monoisotopic (exact) mass is 297 g/mol. The number of rotatable bonds is 6. The number of benzene rings is 1. The smallest absolute Gasteiger partial charge is 0.246 e. The van der Waals surface area contributed by atoms with Crippen molar-refractivity contribution in [3.05, 3.63) is 22.7 Å². The molecule has 1 heterocycles. The van der Waals surface area contributed by atoms with Crippen molar-refractivity contribution in [3.63, 3.8) is 0 Å². The fourth-order valence-corrected chi connectivity index (χ4v) is 2.64. The van der Waals surface area contributed by atoms with Crippen molar-refractivity contribution in [2.45, 2.75) is 19.4 Å². The number of amides is 1. The number of nitrogens with zero attached hydrogens (tertiary/aromatic N) is 1. The Morgan fingerprint density at radius 1 is 1.50 bits per heavy atom. The van der Waals surface area contributed by atoms with Crippen LogP contribution in [-0.2, 0) is 4.79 Å². The third-order valence-electron chi connectivity index (χ3n) is 3.40. The third-order valence-corrected chi connectivity index (χ3v) is 3.70. The molecule has 0 saturated carbocycles. The van der Waals surface area contributed by atoms with Crippen LogP contribution in [0.15, 0.2) is 12.1 Å². The minimum Gasteiger partial charge on any atom is -0.395 e. The molecule has 0 spiro atoms. The molecule has 0 saturated heterocycles. The number of halogens is 1. The van der Waals surface area contributed by atoms with Gasteiger partial charge in [-0.25, -0.2) is 0 Å². The van der Waals surface area contributed by atoms with Crippen molar-refractivity contribution < 1.29 is 9.90 Å². The van der Waals surface area contributed by atoms with Gasteiger partial charge in [0.2, 0.25) is 5.91 Å². The lowest BCUT2D eigenvalue weighted by atomic mass is 10.1. The number of nitrogens with one attached hydrogen (secondary N) is 2. The predicted octanol–water partition coefficient (Wildman–Crippen LogP) is 1.76. The number of carbonyl (C=O) groups is 1. The maximum Gasteiger partial charge on any atom is 0.246 e. The van der Waals surface area contributed by atoms with Crippen molar-refractivity contribution in [2.24, 2.45) is 0 Å². The van der Waals surface area contributed by atoms with Crippen LogP contribution in [0.3, 0.4) is 0 Å². The van der Waals surface area contributed by atoms with E-state index in [1.165, 1.54) is 0 Å². The Hall–Kier alpha value is -1.30. The lowest BCUT2D eigenvalue weighted by Crippen LogP contribution is -2.28.